The molecule has 0 saturated carbocycles. The van der Waals surface area contributed by atoms with Crippen LogP contribution >= 0.6 is 11.6 Å². The molecule has 0 saturated heterocycles. The Morgan fingerprint density at radius 3 is 2.74 bits per heavy atom. The summed E-state index contributed by atoms with van der Waals surface area (Å²) >= 11 is 5.85. The Balaban J connectivity index is 1.88. The number of nitrogens with two attached hydrogens (primary N) is 1. The molecule has 0 aliphatic heterocycles. The van der Waals surface area contributed by atoms with Gasteiger partial charge in [-0.3, -0.25) is 4.79 Å². The average molecular weight is 337 g/mol. The fraction of sp³-hybridized carbons (Fsp3) is 0.438. The van der Waals surface area contributed by atoms with Gasteiger partial charge in [-0.1, -0.05) is 30.1 Å². The Morgan fingerprint density at radius 1 is 1.39 bits per heavy atom. The van der Waals surface area contributed by atoms with Crippen molar-refractivity contribution in [3.63, 3.8) is 0 Å². The van der Waals surface area contributed by atoms with E-state index in [4.69, 9.17) is 21.9 Å². The minimum atomic E-state index is -0.849. The number of benzene rings is 1. The standard InChI is InChI=1S/C16H21ClN4O2/c1-3-9-16(2,18)15(22)19-10-8-13-20-14(21-23-13)11-4-6-12(17)7-5-11/h4-7H,3,8-10,18H2,1-2H3,(H,19,22). The second-order valence-electron chi connectivity index (χ2n) is 5.69. The van der Waals surface area contributed by atoms with E-state index in [9.17, 15) is 4.79 Å². The summed E-state index contributed by atoms with van der Waals surface area (Å²) in [4.78, 5) is 16.3. The van der Waals surface area contributed by atoms with Crippen LogP contribution in [0.2, 0.25) is 5.02 Å². The number of nitrogens with zero attached hydrogens (tertiary/aromatic N) is 2. The van der Waals surface area contributed by atoms with E-state index in [2.05, 4.69) is 15.5 Å². The van der Waals surface area contributed by atoms with Crippen molar-refractivity contribution in [3.8, 4) is 11.4 Å². The molecular formula is C16H21ClN4O2. The summed E-state index contributed by atoms with van der Waals surface area (Å²) in [5, 5.41) is 7.38. The van der Waals surface area contributed by atoms with Gasteiger partial charge in [-0.2, -0.15) is 4.98 Å². The molecule has 1 aromatic heterocycles. The molecule has 124 valence electrons. The van der Waals surface area contributed by atoms with Crippen LogP contribution in [0.1, 0.15) is 32.6 Å². The zero-order valence-electron chi connectivity index (χ0n) is 13.3. The third kappa shape index (κ3) is 4.77. The number of rotatable bonds is 7. The maximum absolute atomic E-state index is 12.0. The van der Waals surface area contributed by atoms with Crippen LogP contribution in [0.4, 0.5) is 0 Å². The SMILES string of the molecule is CCCC(C)(N)C(=O)NCCc1nc(-c2ccc(Cl)cc2)no1. The molecule has 1 amide bonds. The molecule has 0 bridgehead atoms. The highest BCUT2D eigenvalue weighted by molar-refractivity contribution is 6.30. The smallest absolute Gasteiger partial charge is 0.239 e. The van der Waals surface area contributed by atoms with Crippen LogP contribution in [0, 0.1) is 0 Å². The largest absolute Gasteiger partial charge is 0.354 e. The lowest BCUT2D eigenvalue weighted by atomic mass is 9.96. The van der Waals surface area contributed by atoms with Crippen LogP contribution < -0.4 is 11.1 Å². The molecular weight excluding hydrogens is 316 g/mol. The monoisotopic (exact) mass is 336 g/mol. The Labute approximate surface area is 140 Å². The quantitative estimate of drug-likeness (QED) is 0.810. The number of hydrogen-bond donors (Lipinski definition) is 2. The molecule has 0 radical (unpaired) electrons. The van der Waals surface area contributed by atoms with Gasteiger partial charge in [0.1, 0.15) is 0 Å². The molecule has 23 heavy (non-hydrogen) atoms. The van der Waals surface area contributed by atoms with E-state index in [1.54, 1.807) is 19.1 Å². The van der Waals surface area contributed by atoms with Crippen molar-refractivity contribution in [3.05, 3.63) is 35.2 Å². The van der Waals surface area contributed by atoms with Crippen LogP contribution in [0.15, 0.2) is 28.8 Å². The highest BCUT2D eigenvalue weighted by Crippen LogP contribution is 2.18. The first kappa shape index (κ1) is 17.4. The fourth-order valence-corrected chi connectivity index (χ4v) is 2.32. The molecule has 0 spiro atoms. The summed E-state index contributed by atoms with van der Waals surface area (Å²) in [6.07, 6.45) is 1.95. The van der Waals surface area contributed by atoms with Gasteiger partial charge in [-0.05, 0) is 37.6 Å². The van der Waals surface area contributed by atoms with Gasteiger partial charge in [-0.15, -0.1) is 0 Å². The third-order valence-corrected chi connectivity index (χ3v) is 3.73. The van der Waals surface area contributed by atoms with Gasteiger partial charge in [0.25, 0.3) is 0 Å². The molecule has 2 rings (SSSR count). The molecule has 0 fully saturated rings. The number of aromatic nitrogens is 2. The first-order chi connectivity index (χ1) is 10.9. The van der Waals surface area contributed by atoms with Crippen molar-refractivity contribution in [2.75, 3.05) is 6.54 Å². The van der Waals surface area contributed by atoms with Gasteiger partial charge in [0.15, 0.2) is 0 Å². The Morgan fingerprint density at radius 2 is 2.09 bits per heavy atom. The minimum Gasteiger partial charge on any atom is -0.354 e. The fourth-order valence-electron chi connectivity index (χ4n) is 2.19. The lowest BCUT2D eigenvalue weighted by Gasteiger charge is -2.22. The molecule has 2 aromatic rings. The molecule has 0 aliphatic carbocycles. The first-order valence-corrected chi connectivity index (χ1v) is 7.96. The lowest BCUT2D eigenvalue weighted by Crippen LogP contribution is -2.51. The van der Waals surface area contributed by atoms with Gasteiger partial charge in [0.2, 0.25) is 17.6 Å². The predicted molar refractivity (Wildman–Crippen MR) is 89.0 cm³/mol. The molecule has 6 nitrogen and oxygen atoms in total. The van der Waals surface area contributed by atoms with E-state index >= 15 is 0 Å². The summed E-state index contributed by atoms with van der Waals surface area (Å²) in [6.45, 7) is 4.13. The minimum absolute atomic E-state index is 0.170. The summed E-state index contributed by atoms with van der Waals surface area (Å²) < 4.78 is 5.19. The molecule has 1 atom stereocenters. The van der Waals surface area contributed by atoms with Crippen molar-refractivity contribution < 1.29 is 9.32 Å². The van der Waals surface area contributed by atoms with Gasteiger partial charge in [-0.25, -0.2) is 0 Å². The van der Waals surface area contributed by atoms with Crippen molar-refractivity contribution in [1.29, 1.82) is 0 Å². The zero-order chi connectivity index (χ0) is 16.9. The van der Waals surface area contributed by atoms with Crippen molar-refractivity contribution in [1.82, 2.24) is 15.5 Å². The molecule has 7 heteroatoms. The summed E-state index contributed by atoms with van der Waals surface area (Å²) in [7, 11) is 0. The van der Waals surface area contributed by atoms with E-state index in [1.165, 1.54) is 0 Å². The molecule has 1 unspecified atom stereocenters. The van der Waals surface area contributed by atoms with E-state index in [-0.39, 0.29) is 5.91 Å². The normalized spacial score (nSPS) is 13.6. The van der Waals surface area contributed by atoms with E-state index < -0.39 is 5.54 Å². The van der Waals surface area contributed by atoms with Gasteiger partial charge in [0.05, 0.1) is 5.54 Å². The second kappa shape index (κ2) is 7.57. The van der Waals surface area contributed by atoms with Crippen LogP contribution in [0.25, 0.3) is 11.4 Å². The number of hydrogen-bond acceptors (Lipinski definition) is 5. The van der Waals surface area contributed by atoms with Crippen LogP contribution in [0.3, 0.4) is 0 Å². The van der Waals surface area contributed by atoms with E-state index in [0.29, 0.717) is 36.1 Å². The highest BCUT2D eigenvalue weighted by atomic mass is 35.5. The first-order valence-electron chi connectivity index (χ1n) is 7.58. The molecule has 1 aromatic carbocycles. The molecule has 3 N–H and O–H groups in total. The topological polar surface area (TPSA) is 94.0 Å². The molecule has 0 aliphatic rings. The number of carbonyl (C=O) groups is 1. The van der Waals surface area contributed by atoms with Crippen molar-refractivity contribution in [2.45, 2.75) is 38.6 Å². The third-order valence-electron chi connectivity index (χ3n) is 3.48. The Bertz CT molecular complexity index is 652. The Kier molecular flexibility index (Phi) is 5.74. The lowest BCUT2D eigenvalue weighted by molar-refractivity contribution is -0.126. The van der Waals surface area contributed by atoms with Crippen molar-refractivity contribution >= 4 is 17.5 Å². The van der Waals surface area contributed by atoms with Crippen LogP contribution in [-0.2, 0) is 11.2 Å². The number of halogens is 1. The highest BCUT2D eigenvalue weighted by Gasteiger charge is 2.26. The summed E-state index contributed by atoms with van der Waals surface area (Å²) in [5.41, 5.74) is 5.94. The van der Waals surface area contributed by atoms with Gasteiger partial charge in [0, 0.05) is 23.6 Å². The second-order valence-corrected chi connectivity index (χ2v) is 6.13. The number of carbonyl (C=O) groups excluding carboxylic acids is 1. The Hall–Kier alpha value is -1.92. The van der Waals surface area contributed by atoms with E-state index in [0.717, 1.165) is 12.0 Å². The summed E-state index contributed by atoms with van der Waals surface area (Å²) in [5.74, 6) is 0.791. The maximum Gasteiger partial charge on any atom is 0.239 e. The van der Waals surface area contributed by atoms with Crippen LogP contribution in [0.5, 0.6) is 0 Å². The van der Waals surface area contributed by atoms with E-state index in [1.807, 2.05) is 19.1 Å². The molecule has 1 heterocycles. The predicted octanol–water partition coefficient (Wildman–Crippen LogP) is 2.57. The summed E-state index contributed by atoms with van der Waals surface area (Å²) in [6, 6.07) is 7.18. The van der Waals surface area contributed by atoms with Gasteiger partial charge < -0.3 is 15.6 Å². The van der Waals surface area contributed by atoms with Crippen molar-refractivity contribution in [2.24, 2.45) is 5.73 Å². The zero-order valence-corrected chi connectivity index (χ0v) is 14.1. The maximum atomic E-state index is 12.0. The average Bonchev–Trinajstić information content (AvgIpc) is 2.96. The number of amides is 1. The van der Waals surface area contributed by atoms with Gasteiger partial charge >= 0.3 is 0 Å². The number of nitrogens with one attached hydrogen (secondary N) is 1. The van der Waals surface area contributed by atoms with Crippen LogP contribution in [-0.4, -0.2) is 28.1 Å².